The summed E-state index contributed by atoms with van der Waals surface area (Å²) in [5.74, 6) is 0. The molecule has 0 bridgehead atoms. The molecule has 34 heavy (non-hydrogen) atoms. The van der Waals surface area contributed by atoms with Gasteiger partial charge in [0, 0.05) is 0 Å². The van der Waals surface area contributed by atoms with Gasteiger partial charge in [-0.05, 0) is 61.5 Å². The first-order valence-electron chi connectivity index (χ1n) is 13.6. The standard InChI is InChI=1S/C34H38/c1-2-3-4-5-6-7-8-9-10-11-14-26-17-20-30-28(25-26)19-22-34-32(30)24-23-31-29-16-13-12-15-27(29)18-21-33(31)34/h12-13,15-25H,2-11,14H2,1H3. The molecule has 174 valence electrons. The minimum Gasteiger partial charge on any atom is -0.0654 e. The summed E-state index contributed by atoms with van der Waals surface area (Å²) in [5.41, 5.74) is 1.48. The zero-order valence-electron chi connectivity index (χ0n) is 20.8. The number of hydrogen-bond donors (Lipinski definition) is 0. The summed E-state index contributed by atoms with van der Waals surface area (Å²) < 4.78 is 0. The lowest BCUT2D eigenvalue weighted by molar-refractivity contribution is 0.556. The van der Waals surface area contributed by atoms with Crippen LogP contribution >= 0.6 is 0 Å². The van der Waals surface area contributed by atoms with Crippen molar-refractivity contribution in [3.63, 3.8) is 0 Å². The first kappa shape index (κ1) is 22.9. The average molecular weight is 447 g/mol. The Morgan fingerprint density at radius 2 is 0.912 bits per heavy atom. The van der Waals surface area contributed by atoms with E-state index in [1.54, 1.807) is 0 Å². The number of benzene rings is 5. The van der Waals surface area contributed by atoms with Gasteiger partial charge >= 0.3 is 0 Å². The normalized spacial score (nSPS) is 11.8. The molecular weight excluding hydrogens is 408 g/mol. The molecule has 0 saturated heterocycles. The fourth-order valence-electron chi connectivity index (χ4n) is 5.67. The minimum absolute atomic E-state index is 1.20. The van der Waals surface area contributed by atoms with E-state index < -0.39 is 0 Å². The second-order valence-corrected chi connectivity index (χ2v) is 10.1. The third-order valence-corrected chi connectivity index (χ3v) is 7.62. The highest BCUT2D eigenvalue weighted by molar-refractivity contribution is 6.22. The number of rotatable bonds is 11. The zero-order valence-corrected chi connectivity index (χ0v) is 20.8. The van der Waals surface area contributed by atoms with Crippen molar-refractivity contribution in [3.8, 4) is 0 Å². The van der Waals surface area contributed by atoms with E-state index in [-0.39, 0.29) is 0 Å². The lowest BCUT2D eigenvalue weighted by atomic mass is 9.93. The van der Waals surface area contributed by atoms with Crippen LogP contribution in [-0.2, 0) is 6.42 Å². The van der Waals surface area contributed by atoms with E-state index in [2.05, 4.69) is 85.8 Å². The smallest absolute Gasteiger partial charge is 0.00987 e. The molecule has 0 heterocycles. The van der Waals surface area contributed by atoms with Crippen LogP contribution in [0.25, 0.3) is 43.1 Å². The fourth-order valence-corrected chi connectivity index (χ4v) is 5.67. The Morgan fingerprint density at radius 3 is 1.62 bits per heavy atom. The average Bonchev–Trinajstić information content (AvgIpc) is 2.89. The Labute approximate surface area is 205 Å². The van der Waals surface area contributed by atoms with E-state index >= 15 is 0 Å². The van der Waals surface area contributed by atoms with Gasteiger partial charge in [-0.25, -0.2) is 0 Å². The van der Waals surface area contributed by atoms with Gasteiger partial charge in [0.15, 0.2) is 0 Å². The van der Waals surface area contributed by atoms with Crippen LogP contribution < -0.4 is 0 Å². The second-order valence-electron chi connectivity index (χ2n) is 10.1. The van der Waals surface area contributed by atoms with Gasteiger partial charge in [0.25, 0.3) is 0 Å². The summed E-state index contributed by atoms with van der Waals surface area (Å²) >= 11 is 0. The first-order valence-corrected chi connectivity index (χ1v) is 13.6. The van der Waals surface area contributed by atoms with Gasteiger partial charge in [0.05, 0.1) is 0 Å². The lowest BCUT2D eigenvalue weighted by Gasteiger charge is -2.11. The monoisotopic (exact) mass is 446 g/mol. The van der Waals surface area contributed by atoms with Gasteiger partial charge in [-0.1, -0.05) is 144 Å². The first-order chi connectivity index (χ1) is 16.8. The molecule has 5 rings (SSSR count). The van der Waals surface area contributed by atoms with Crippen molar-refractivity contribution in [2.24, 2.45) is 0 Å². The molecule has 0 saturated carbocycles. The van der Waals surface area contributed by atoms with Gasteiger partial charge in [0.1, 0.15) is 0 Å². The summed E-state index contributed by atoms with van der Waals surface area (Å²) in [7, 11) is 0. The molecule has 5 aromatic carbocycles. The van der Waals surface area contributed by atoms with Crippen LogP contribution in [0.2, 0.25) is 0 Å². The molecule has 0 aliphatic carbocycles. The Morgan fingerprint density at radius 1 is 0.412 bits per heavy atom. The van der Waals surface area contributed by atoms with Crippen molar-refractivity contribution in [2.75, 3.05) is 0 Å². The van der Waals surface area contributed by atoms with Crippen LogP contribution in [0, 0.1) is 0 Å². The highest BCUT2D eigenvalue weighted by Gasteiger charge is 2.08. The van der Waals surface area contributed by atoms with Crippen molar-refractivity contribution < 1.29 is 0 Å². The Balaban J connectivity index is 1.25. The fraction of sp³-hybridized carbons (Fsp3) is 0.353. The van der Waals surface area contributed by atoms with E-state index in [1.807, 2.05) is 0 Å². The Bertz CT molecular complexity index is 1390. The molecule has 0 nitrogen and oxygen atoms in total. The number of aryl methyl sites for hydroxylation is 1. The zero-order chi connectivity index (χ0) is 23.2. The topological polar surface area (TPSA) is 0 Å². The van der Waals surface area contributed by atoms with Gasteiger partial charge in [-0.2, -0.15) is 0 Å². The van der Waals surface area contributed by atoms with E-state index in [4.69, 9.17) is 0 Å². The van der Waals surface area contributed by atoms with E-state index in [0.717, 1.165) is 0 Å². The van der Waals surface area contributed by atoms with Gasteiger partial charge in [-0.3, -0.25) is 0 Å². The summed E-state index contributed by atoms with van der Waals surface area (Å²) in [6, 6.07) is 29.7. The van der Waals surface area contributed by atoms with Crippen molar-refractivity contribution in [1.82, 2.24) is 0 Å². The molecule has 0 unspecified atom stereocenters. The summed E-state index contributed by atoms with van der Waals surface area (Å²) in [6.45, 7) is 2.29. The molecule has 0 radical (unpaired) electrons. The van der Waals surface area contributed by atoms with Gasteiger partial charge < -0.3 is 0 Å². The molecule has 0 heteroatoms. The second kappa shape index (κ2) is 11.0. The van der Waals surface area contributed by atoms with E-state index in [9.17, 15) is 0 Å². The highest BCUT2D eigenvalue weighted by atomic mass is 14.1. The molecule has 0 spiro atoms. The van der Waals surface area contributed by atoms with Gasteiger partial charge in [0.2, 0.25) is 0 Å². The van der Waals surface area contributed by atoms with Crippen LogP contribution in [0.3, 0.4) is 0 Å². The van der Waals surface area contributed by atoms with Crippen molar-refractivity contribution >= 4 is 43.1 Å². The molecule has 5 aromatic rings. The molecule has 0 aliphatic heterocycles. The van der Waals surface area contributed by atoms with E-state index in [1.165, 1.54) is 119 Å². The maximum absolute atomic E-state index is 2.42. The summed E-state index contributed by atoms with van der Waals surface area (Å²) in [5, 5.41) is 10.8. The third kappa shape index (κ3) is 4.97. The largest absolute Gasteiger partial charge is 0.0654 e. The SMILES string of the molecule is CCCCCCCCCCCCc1ccc2c(ccc3c2ccc2c4ccccc4ccc23)c1. The highest BCUT2D eigenvalue weighted by Crippen LogP contribution is 2.35. The molecule has 0 amide bonds. The number of hydrogen-bond acceptors (Lipinski definition) is 0. The molecule has 0 fully saturated rings. The van der Waals surface area contributed by atoms with Crippen molar-refractivity contribution in [2.45, 2.75) is 77.6 Å². The quantitative estimate of drug-likeness (QED) is 0.140. The van der Waals surface area contributed by atoms with Crippen LogP contribution in [0.1, 0.15) is 76.7 Å². The van der Waals surface area contributed by atoms with Crippen LogP contribution in [0.4, 0.5) is 0 Å². The lowest BCUT2D eigenvalue weighted by Crippen LogP contribution is -1.88. The Kier molecular flexibility index (Phi) is 7.44. The predicted molar refractivity (Wildman–Crippen MR) is 152 cm³/mol. The molecular formula is C34H38. The third-order valence-electron chi connectivity index (χ3n) is 7.62. The van der Waals surface area contributed by atoms with Gasteiger partial charge in [-0.15, -0.1) is 0 Å². The minimum atomic E-state index is 1.20. The molecule has 0 atom stereocenters. The summed E-state index contributed by atoms with van der Waals surface area (Å²) in [4.78, 5) is 0. The van der Waals surface area contributed by atoms with Crippen molar-refractivity contribution in [1.29, 1.82) is 0 Å². The number of fused-ring (bicyclic) bond motifs is 7. The molecule has 0 N–H and O–H groups in total. The maximum atomic E-state index is 2.42. The van der Waals surface area contributed by atoms with Crippen LogP contribution in [-0.4, -0.2) is 0 Å². The maximum Gasteiger partial charge on any atom is -0.00987 e. The van der Waals surface area contributed by atoms with Crippen LogP contribution in [0.15, 0.2) is 78.9 Å². The molecule has 0 aromatic heterocycles. The van der Waals surface area contributed by atoms with E-state index in [0.29, 0.717) is 0 Å². The summed E-state index contributed by atoms with van der Waals surface area (Å²) in [6.07, 6.45) is 15.2. The predicted octanol–water partition coefficient (Wildman–Crippen LogP) is 10.8. The van der Waals surface area contributed by atoms with Crippen LogP contribution in [0.5, 0.6) is 0 Å². The van der Waals surface area contributed by atoms with Crippen molar-refractivity contribution in [3.05, 3.63) is 84.4 Å². The number of unbranched alkanes of at least 4 members (excludes halogenated alkanes) is 9. The molecule has 0 aliphatic rings. The Hall–Kier alpha value is -2.86.